The monoisotopic (exact) mass is 523 g/mol. The van der Waals surface area contributed by atoms with Gasteiger partial charge >= 0.3 is 0 Å². The number of fused-ring (bicyclic) bond motifs is 2. The minimum absolute atomic E-state index is 0.108. The average Bonchev–Trinajstić information content (AvgIpc) is 3.04. The number of halogens is 1. The third-order valence-corrected chi connectivity index (χ3v) is 7.91. The van der Waals surface area contributed by atoms with Crippen LogP contribution in [0.1, 0.15) is 21.6 Å². The summed E-state index contributed by atoms with van der Waals surface area (Å²) in [5.74, 6) is 0.112. The summed E-state index contributed by atoms with van der Waals surface area (Å²) in [5.41, 5.74) is 3.65. The second-order valence-electron chi connectivity index (χ2n) is 8.29. The van der Waals surface area contributed by atoms with E-state index in [1.807, 2.05) is 18.2 Å². The number of carbonyl (C=O) groups is 1. The van der Waals surface area contributed by atoms with E-state index in [9.17, 15) is 13.2 Å². The summed E-state index contributed by atoms with van der Waals surface area (Å²) in [5, 5.41) is 4.23. The number of ether oxygens (including phenoxy) is 2. The molecule has 1 aliphatic heterocycles. The average molecular weight is 524 g/mol. The Morgan fingerprint density at radius 1 is 1.14 bits per heavy atom. The molecule has 1 amide bonds. The molecule has 0 aliphatic carbocycles. The molecule has 3 heterocycles. The molecule has 0 saturated heterocycles. The quantitative estimate of drug-likeness (QED) is 0.418. The van der Waals surface area contributed by atoms with Crippen LogP contribution >= 0.6 is 11.6 Å². The fraction of sp³-hybridized carbons (Fsp3) is 0.192. The summed E-state index contributed by atoms with van der Waals surface area (Å²) in [6, 6.07) is 15.6. The Morgan fingerprint density at radius 2 is 2.00 bits per heavy atom. The highest BCUT2D eigenvalue weighted by atomic mass is 35.5. The van der Waals surface area contributed by atoms with E-state index >= 15 is 0 Å². The number of methoxy groups -OCH3 is 1. The Kier molecular flexibility index (Phi) is 6.61. The molecule has 10 heteroatoms. The lowest BCUT2D eigenvalue weighted by atomic mass is 10.1. The van der Waals surface area contributed by atoms with Crippen molar-refractivity contribution in [3.05, 3.63) is 82.6 Å². The van der Waals surface area contributed by atoms with Gasteiger partial charge in [-0.25, -0.2) is 13.4 Å². The number of nitrogens with one attached hydrogen (secondary N) is 1. The maximum absolute atomic E-state index is 12.8. The van der Waals surface area contributed by atoms with Crippen LogP contribution in [0.25, 0.3) is 22.2 Å². The Bertz CT molecular complexity index is 1590. The first-order chi connectivity index (χ1) is 17.3. The number of carbonyl (C=O) groups excluding carboxylic acids is 1. The van der Waals surface area contributed by atoms with Crippen LogP contribution < -0.4 is 10.1 Å². The van der Waals surface area contributed by atoms with E-state index in [1.165, 1.54) is 6.07 Å². The number of pyridine rings is 2. The van der Waals surface area contributed by atoms with Crippen LogP contribution in [-0.4, -0.2) is 43.8 Å². The SMILES string of the molecule is COc1cc(Cl)ccc1-c1ccc2cnc(CNC(=O)c3ccc4c(c3)S(=O)(=O)CCOC4)cc2n1. The highest BCUT2D eigenvalue weighted by molar-refractivity contribution is 7.91. The van der Waals surface area contributed by atoms with Gasteiger partial charge in [-0.1, -0.05) is 17.7 Å². The van der Waals surface area contributed by atoms with Crippen molar-refractivity contribution in [1.29, 1.82) is 0 Å². The predicted octanol–water partition coefficient (Wildman–Crippen LogP) is 4.19. The van der Waals surface area contributed by atoms with Crippen molar-refractivity contribution in [3.63, 3.8) is 0 Å². The topological polar surface area (TPSA) is 107 Å². The zero-order valence-corrected chi connectivity index (χ0v) is 20.9. The van der Waals surface area contributed by atoms with Gasteiger partial charge in [0, 0.05) is 27.7 Å². The number of hydrogen-bond donors (Lipinski definition) is 1. The molecular formula is C26H22ClN3O5S. The van der Waals surface area contributed by atoms with Crippen LogP contribution in [0, 0.1) is 0 Å². The number of rotatable bonds is 5. The van der Waals surface area contributed by atoms with Crippen molar-refractivity contribution in [2.45, 2.75) is 18.0 Å². The van der Waals surface area contributed by atoms with Gasteiger partial charge in [0.2, 0.25) is 0 Å². The summed E-state index contributed by atoms with van der Waals surface area (Å²) < 4.78 is 35.8. The molecule has 2 aromatic heterocycles. The first kappa shape index (κ1) is 24.2. The van der Waals surface area contributed by atoms with Gasteiger partial charge in [0.05, 0.1) is 54.4 Å². The molecule has 36 heavy (non-hydrogen) atoms. The Morgan fingerprint density at radius 3 is 2.83 bits per heavy atom. The van der Waals surface area contributed by atoms with E-state index in [-0.39, 0.29) is 36.0 Å². The first-order valence-corrected chi connectivity index (χ1v) is 13.2. The lowest BCUT2D eigenvalue weighted by Gasteiger charge is -2.11. The molecule has 2 aromatic carbocycles. The van der Waals surface area contributed by atoms with Crippen molar-refractivity contribution in [2.75, 3.05) is 19.5 Å². The first-order valence-electron chi connectivity index (χ1n) is 11.2. The number of amides is 1. The Labute approximate surface area is 213 Å². The summed E-state index contributed by atoms with van der Waals surface area (Å²) in [7, 11) is -1.92. The summed E-state index contributed by atoms with van der Waals surface area (Å²) in [6.45, 7) is 0.485. The van der Waals surface area contributed by atoms with Gasteiger partial charge in [-0.2, -0.15) is 0 Å². The lowest BCUT2D eigenvalue weighted by molar-refractivity contribution is 0.0950. The number of nitrogens with zero attached hydrogens (tertiary/aromatic N) is 2. The van der Waals surface area contributed by atoms with Gasteiger partial charge in [0.15, 0.2) is 9.84 Å². The predicted molar refractivity (Wildman–Crippen MR) is 136 cm³/mol. The van der Waals surface area contributed by atoms with Gasteiger partial charge in [0.1, 0.15) is 5.75 Å². The van der Waals surface area contributed by atoms with Crippen LogP contribution in [0.4, 0.5) is 0 Å². The summed E-state index contributed by atoms with van der Waals surface area (Å²) >= 11 is 6.08. The number of aromatic nitrogens is 2. The van der Waals surface area contributed by atoms with Crippen molar-refractivity contribution in [2.24, 2.45) is 0 Å². The Hall–Kier alpha value is -3.53. The smallest absolute Gasteiger partial charge is 0.251 e. The highest BCUT2D eigenvalue weighted by Crippen LogP contribution is 2.32. The zero-order chi connectivity index (χ0) is 25.3. The standard InChI is InChI=1S/C26H22ClN3O5S/c1-34-24-11-19(27)5-6-21(24)22-7-4-17-13-28-20(12-23(17)30-22)14-29-26(31)16-2-3-18-15-35-8-9-36(32,33)25(18)10-16/h2-7,10-13H,8-9,14-15H2,1H3,(H,29,31). The van der Waals surface area contributed by atoms with Crippen molar-refractivity contribution >= 4 is 38.2 Å². The highest BCUT2D eigenvalue weighted by Gasteiger charge is 2.23. The van der Waals surface area contributed by atoms with E-state index in [0.29, 0.717) is 33.2 Å². The van der Waals surface area contributed by atoms with Gasteiger partial charge in [0.25, 0.3) is 5.91 Å². The maximum Gasteiger partial charge on any atom is 0.251 e. The van der Waals surface area contributed by atoms with Gasteiger partial charge in [-0.05, 0) is 54.1 Å². The fourth-order valence-corrected chi connectivity index (χ4v) is 5.57. The molecule has 0 saturated carbocycles. The second-order valence-corrected chi connectivity index (χ2v) is 10.8. The van der Waals surface area contributed by atoms with Gasteiger partial charge in [-0.15, -0.1) is 0 Å². The molecule has 0 spiro atoms. The zero-order valence-electron chi connectivity index (χ0n) is 19.3. The molecule has 0 radical (unpaired) electrons. The lowest BCUT2D eigenvalue weighted by Crippen LogP contribution is -2.23. The largest absolute Gasteiger partial charge is 0.496 e. The molecule has 8 nitrogen and oxygen atoms in total. The normalized spacial score (nSPS) is 14.6. The molecule has 5 rings (SSSR count). The molecule has 4 aromatic rings. The molecule has 0 atom stereocenters. The summed E-state index contributed by atoms with van der Waals surface area (Å²) in [6.07, 6.45) is 1.70. The van der Waals surface area contributed by atoms with Crippen molar-refractivity contribution in [1.82, 2.24) is 15.3 Å². The molecule has 0 unspecified atom stereocenters. The van der Waals surface area contributed by atoms with E-state index in [0.717, 1.165) is 10.9 Å². The third-order valence-electron chi connectivity index (χ3n) is 5.92. The van der Waals surface area contributed by atoms with Crippen molar-refractivity contribution in [3.8, 4) is 17.0 Å². The molecule has 1 aliphatic rings. The van der Waals surface area contributed by atoms with Crippen LogP contribution in [-0.2, 0) is 27.7 Å². The minimum atomic E-state index is -3.50. The number of benzene rings is 2. The van der Waals surface area contributed by atoms with Gasteiger partial charge in [-0.3, -0.25) is 9.78 Å². The molecular weight excluding hydrogens is 502 g/mol. The maximum atomic E-state index is 12.8. The van der Waals surface area contributed by atoms with Crippen molar-refractivity contribution < 1.29 is 22.7 Å². The summed E-state index contributed by atoms with van der Waals surface area (Å²) in [4.78, 5) is 22.1. The molecule has 0 bridgehead atoms. The van der Waals surface area contributed by atoms with Crippen LogP contribution in [0.2, 0.25) is 5.02 Å². The van der Waals surface area contributed by atoms with Gasteiger partial charge < -0.3 is 14.8 Å². The van der Waals surface area contributed by atoms with Crippen LogP contribution in [0.3, 0.4) is 0 Å². The fourth-order valence-electron chi connectivity index (χ4n) is 4.02. The second kappa shape index (κ2) is 9.85. The third kappa shape index (κ3) is 4.90. The number of hydrogen-bond acceptors (Lipinski definition) is 7. The van der Waals surface area contributed by atoms with E-state index in [1.54, 1.807) is 43.6 Å². The van der Waals surface area contributed by atoms with Crippen LogP contribution in [0.15, 0.2) is 65.7 Å². The minimum Gasteiger partial charge on any atom is -0.496 e. The number of sulfone groups is 1. The van der Waals surface area contributed by atoms with E-state index in [2.05, 4.69) is 10.3 Å². The van der Waals surface area contributed by atoms with E-state index in [4.69, 9.17) is 26.1 Å². The Balaban J connectivity index is 1.37. The molecule has 0 fully saturated rings. The molecule has 184 valence electrons. The van der Waals surface area contributed by atoms with E-state index < -0.39 is 15.7 Å². The van der Waals surface area contributed by atoms with Crippen LogP contribution in [0.5, 0.6) is 5.75 Å². The molecule has 1 N–H and O–H groups in total.